The number of ether oxygens (including phenoxy) is 1. The predicted octanol–water partition coefficient (Wildman–Crippen LogP) is 3.71. The standard InChI is InChI=1S/C25H25N3O5S/c1-3-18-8-12-20(13-9-18)28-25(30)27(22-6-4-5-7-23(22)34(28,31)32)17-24(29)26-16-19-10-14-21(33-2)15-11-19/h4-15H,3,16-17H2,1-2H3,(H,26,29). The van der Waals surface area contributed by atoms with Gasteiger partial charge in [0.15, 0.2) is 0 Å². The molecular formula is C25H25N3O5S. The smallest absolute Gasteiger partial charge is 0.343 e. The van der Waals surface area contributed by atoms with Gasteiger partial charge < -0.3 is 10.1 Å². The third-order valence-corrected chi connectivity index (χ3v) is 7.36. The lowest BCUT2D eigenvalue weighted by Crippen LogP contribution is -2.53. The maximum Gasteiger partial charge on any atom is 0.343 e. The molecule has 0 aromatic heterocycles. The molecule has 176 valence electrons. The van der Waals surface area contributed by atoms with Crippen LogP contribution in [0.5, 0.6) is 5.75 Å². The van der Waals surface area contributed by atoms with Crippen molar-refractivity contribution in [3.63, 3.8) is 0 Å². The van der Waals surface area contributed by atoms with Crippen molar-refractivity contribution < 1.29 is 22.7 Å². The van der Waals surface area contributed by atoms with E-state index in [0.29, 0.717) is 5.75 Å². The monoisotopic (exact) mass is 479 g/mol. The molecule has 3 aromatic carbocycles. The Morgan fingerprint density at radius 1 is 0.941 bits per heavy atom. The number of urea groups is 1. The van der Waals surface area contributed by atoms with Gasteiger partial charge in [-0.3, -0.25) is 9.69 Å². The van der Waals surface area contributed by atoms with Crippen LogP contribution in [0.25, 0.3) is 0 Å². The number of carbonyl (C=O) groups is 2. The second-order valence-electron chi connectivity index (χ2n) is 7.75. The molecule has 0 atom stereocenters. The number of nitrogens with one attached hydrogen (secondary N) is 1. The zero-order chi connectivity index (χ0) is 24.3. The summed E-state index contributed by atoms with van der Waals surface area (Å²) in [5.41, 5.74) is 2.27. The summed E-state index contributed by atoms with van der Waals surface area (Å²) in [7, 11) is -2.56. The number of nitrogens with zero attached hydrogens (tertiary/aromatic N) is 2. The summed E-state index contributed by atoms with van der Waals surface area (Å²) in [6.45, 7) is 1.92. The van der Waals surface area contributed by atoms with Crippen LogP contribution in [0, 0.1) is 0 Å². The summed E-state index contributed by atoms with van der Waals surface area (Å²) in [5, 5.41) is 2.78. The van der Waals surface area contributed by atoms with Crippen molar-refractivity contribution in [1.82, 2.24) is 5.32 Å². The molecule has 9 heteroatoms. The fraction of sp³-hybridized carbons (Fsp3) is 0.200. The van der Waals surface area contributed by atoms with Crippen molar-refractivity contribution in [2.45, 2.75) is 24.8 Å². The fourth-order valence-electron chi connectivity index (χ4n) is 3.72. The molecule has 0 saturated heterocycles. The molecule has 3 amide bonds. The predicted molar refractivity (Wildman–Crippen MR) is 130 cm³/mol. The van der Waals surface area contributed by atoms with Gasteiger partial charge in [-0.1, -0.05) is 43.3 Å². The molecule has 3 aromatic rings. The number of fused-ring (bicyclic) bond motifs is 1. The second kappa shape index (κ2) is 9.56. The first kappa shape index (κ1) is 23.3. The first-order valence-corrected chi connectivity index (χ1v) is 12.2. The number of hydrogen-bond donors (Lipinski definition) is 1. The Bertz CT molecular complexity index is 1310. The number of para-hydroxylation sites is 1. The van der Waals surface area contributed by atoms with Gasteiger partial charge in [-0.05, 0) is 53.9 Å². The van der Waals surface area contributed by atoms with Gasteiger partial charge in [0, 0.05) is 6.54 Å². The summed E-state index contributed by atoms with van der Waals surface area (Å²) in [6.07, 6.45) is 0.782. The van der Waals surface area contributed by atoms with E-state index in [1.165, 1.54) is 17.0 Å². The van der Waals surface area contributed by atoms with Crippen LogP contribution < -0.4 is 19.3 Å². The summed E-state index contributed by atoms with van der Waals surface area (Å²) >= 11 is 0. The molecule has 0 spiro atoms. The number of hydrogen-bond acceptors (Lipinski definition) is 5. The van der Waals surface area contributed by atoms with Gasteiger partial charge in [0.2, 0.25) is 5.91 Å². The van der Waals surface area contributed by atoms with Crippen molar-refractivity contribution in [2.75, 3.05) is 22.9 Å². The minimum Gasteiger partial charge on any atom is -0.497 e. The van der Waals surface area contributed by atoms with E-state index in [9.17, 15) is 18.0 Å². The van der Waals surface area contributed by atoms with Gasteiger partial charge in [0.05, 0.1) is 18.5 Å². The summed E-state index contributed by atoms with van der Waals surface area (Å²) in [6, 6.07) is 19.4. The minimum atomic E-state index is -4.14. The number of benzene rings is 3. The summed E-state index contributed by atoms with van der Waals surface area (Å²) in [4.78, 5) is 27.3. The highest BCUT2D eigenvalue weighted by molar-refractivity contribution is 7.94. The Kier molecular flexibility index (Phi) is 6.56. The third-order valence-electron chi connectivity index (χ3n) is 5.61. The lowest BCUT2D eigenvalue weighted by Gasteiger charge is -2.35. The summed E-state index contributed by atoms with van der Waals surface area (Å²) < 4.78 is 32.5. The Hall–Kier alpha value is -3.85. The second-order valence-corrected chi connectivity index (χ2v) is 9.51. The minimum absolute atomic E-state index is 0.0304. The third kappa shape index (κ3) is 4.47. The molecule has 34 heavy (non-hydrogen) atoms. The first-order chi connectivity index (χ1) is 16.3. The Morgan fingerprint density at radius 3 is 2.24 bits per heavy atom. The zero-order valence-electron chi connectivity index (χ0n) is 18.9. The van der Waals surface area contributed by atoms with Gasteiger partial charge in [0.1, 0.15) is 17.2 Å². The molecule has 0 unspecified atom stereocenters. The Balaban J connectivity index is 1.60. The fourth-order valence-corrected chi connectivity index (χ4v) is 5.32. The maximum atomic E-state index is 13.4. The van der Waals surface area contributed by atoms with Crippen molar-refractivity contribution in [1.29, 1.82) is 0 Å². The largest absolute Gasteiger partial charge is 0.497 e. The molecule has 0 saturated carbocycles. The van der Waals surface area contributed by atoms with Crippen molar-refractivity contribution >= 4 is 33.3 Å². The van der Waals surface area contributed by atoms with Crippen LogP contribution in [-0.2, 0) is 27.8 Å². The number of carbonyl (C=O) groups excluding carboxylic acids is 2. The number of amides is 3. The van der Waals surface area contributed by atoms with Gasteiger partial charge >= 0.3 is 6.03 Å². The van der Waals surface area contributed by atoms with Crippen LogP contribution in [0.1, 0.15) is 18.1 Å². The van der Waals surface area contributed by atoms with E-state index in [2.05, 4.69) is 5.32 Å². The van der Waals surface area contributed by atoms with E-state index in [4.69, 9.17) is 4.74 Å². The molecule has 1 aliphatic heterocycles. The van der Waals surface area contributed by atoms with Crippen molar-refractivity contribution in [2.24, 2.45) is 0 Å². The van der Waals surface area contributed by atoms with Crippen LogP contribution in [0.3, 0.4) is 0 Å². The molecule has 1 heterocycles. The summed E-state index contributed by atoms with van der Waals surface area (Å²) in [5.74, 6) is 0.290. The van der Waals surface area contributed by atoms with Gasteiger partial charge in [0.25, 0.3) is 10.0 Å². The van der Waals surface area contributed by atoms with E-state index in [1.54, 1.807) is 55.6 Å². The van der Waals surface area contributed by atoms with E-state index < -0.39 is 22.0 Å². The van der Waals surface area contributed by atoms with Crippen LogP contribution in [0.15, 0.2) is 77.7 Å². The SMILES string of the molecule is CCc1ccc(N2C(=O)N(CC(=O)NCc3ccc(OC)cc3)c3ccccc3S2(=O)=O)cc1. The highest BCUT2D eigenvalue weighted by Gasteiger charge is 2.42. The van der Waals surface area contributed by atoms with Crippen LogP contribution in [0.4, 0.5) is 16.2 Å². The number of aryl methyl sites for hydroxylation is 1. The van der Waals surface area contributed by atoms with Gasteiger partial charge in [-0.25, -0.2) is 13.2 Å². The molecule has 0 bridgehead atoms. The highest BCUT2D eigenvalue weighted by atomic mass is 32.2. The lowest BCUT2D eigenvalue weighted by molar-refractivity contribution is -0.119. The van der Waals surface area contributed by atoms with E-state index >= 15 is 0 Å². The van der Waals surface area contributed by atoms with Crippen LogP contribution in [-0.4, -0.2) is 34.0 Å². The Labute approximate surface area is 198 Å². The first-order valence-electron chi connectivity index (χ1n) is 10.8. The van der Waals surface area contributed by atoms with E-state index in [-0.39, 0.29) is 29.4 Å². The number of sulfonamides is 1. The van der Waals surface area contributed by atoms with Crippen LogP contribution >= 0.6 is 0 Å². The van der Waals surface area contributed by atoms with Crippen LogP contribution in [0.2, 0.25) is 0 Å². The molecule has 1 aliphatic rings. The van der Waals surface area contributed by atoms with Gasteiger partial charge in [-0.2, -0.15) is 4.31 Å². The van der Waals surface area contributed by atoms with E-state index in [1.807, 2.05) is 19.1 Å². The Morgan fingerprint density at radius 2 is 1.59 bits per heavy atom. The average Bonchev–Trinajstić information content (AvgIpc) is 2.86. The van der Waals surface area contributed by atoms with Gasteiger partial charge in [-0.15, -0.1) is 0 Å². The number of methoxy groups -OCH3 is 1. The lowest BCUT2D eigenvalue weighted by atomic mass is 10.1. The highest BCUT2D eigenvalue weighted by Crippen LogP contribution is 2.37. The van der Waals surface area contributed by atoms with Crippen molar-refractivity contribution in [3.8, 4) is 5.75 Å². The number of rotatable bonds is 7. The zero-order valence-corrected chi connectivity index (χ0v) is 19.7. The average molecular weight is 480 g/mol. The maximum absolute atomic E-state index is 13.4. The molecule has 0 fully saturated rings. The molecule has 0 radical (unpaired) electrons. The topological polar surface area (TPSA) is 96.0 Å². The number of anilines is 2. The van der Waals surface area contributed by atoms with Crippen molar-refractivity contribution in [3.05, 3.63) is 83.9 Å². The molecular weight excluding hydrogens is 454 g/mol. The molecule has 8 nitrogen and oxygen atoms in total. The van der Waals surface area contributed by atoms with E-state index in [0.717, 1.165) is 21.9 Å². The quantitative estimate of drug-likeness (QED) is 0.557. The molecule has 4 rings (SSSR count). The molecule has 0 aliphatic carbocycles. The normalized spacial score (nSPS) is 14.5. The molecule has 1 N–H and O–H groups in total.